The molecule has 1 aromatic carbocycles. The summed E-state index contributed by atoms with van der Waals surface area (Å²) in [6, 6.07) is 6.69. The minimum absolute atomic E-state index is 0.241. The van der Waals surface area contributed by atoms with Gasteiger partial charge in [0.25, 0.3) is 5.91 Å². The Labute approximate surface area is 155 Å². The van der Waals surface area contributed by atoms with Crippen molar-refractivity contribution >= 4 is 34.0 Å². The van der Waals surface area contributed by atoms with Crippen LogP contribution in [0.1, 0.15) is 36.8 Å². The van der Waals surface area contributed by atoms with Gasteiger partial charge in [-0.2, -0.15) is 0 Å². The van der Waals surface area contributed by atoms with Crippen LogP contribution in [0.2, 0.25) is 0 Å². The Hall–Kier alpha value is -2.87. The highest BCUT2D eigenvalue weighted by atomic mass is 32.1. The number of benzene rings is 1. The molecule has 0 saturated heterocycles. The van der Waals surface area contributed by atoms with E-state index < -0.39 is 11.7 Å². The van der Waals surface area contributed by atoms with Crippen LogP contribution in [-0.4, -0.2) is 27.0 Å². The van der Waals surface area contributed by atoms with Gasteiger partial charge < -0.3 is 10.1 Å². The molecule has 8 heteroatoms. The molecule has 0 spiro atoms. The fourth-order valence-electron chi connectivity index (χ4n) is 2.29. The highest BCUT2D eigenvalue weighted by Gasteiger charge is 2.16. The number of anilines is 1. The fraction of sp³-hybridized carbons (Fsp3) is 0.278. The molecule has 0 atom stereocenters. The van der Waals surface area contributed by atoms with Crippen molar-refractivity contribution in [3.8, 4) is 0 Å². The molecule has 0 bridgehead atoms. The molecule has 0 aliphatic rings. The molecule has 0 aliphatic carbocycles. The van der Waals surface area contributed by atoms with E-state index in [-0.39, 0.29) is 5.91 Å². The number of carbonyl (C=O) groups is 2. The minimum Gasteiger partial charge on any atom is -0.444 e. The van der Waals surface area contributed by atoms with Crippen molar-refractivity contribution in [3.05, 3.63) is 53.3 Å². The van der Waals surface area contributed by atoms with E-state index in [1.54, 1.807) is 45.0 Å². The Bertz CT molecular complexity index is 911. The normalized spacial score (nSPS) is 11.3. The Morgan fingerprint density at radius 1 is 1.31 bits per heavy atom. The van der Waals surface area contributed by atoms with Crippen LogP contribution < -0.4 is 10.6 Å². The number of aromatic nitrogens is 2. The highest BCUT2D eigenvalue weighted by Crippen LogP contribution is 2.14. The summed E-state index contributed by atoms with van der Waals surface area (Å²) >= 11 is 1.54. The molecule has 136 valence electrons. The lowest BCUT2D eigenvalue weighted by molar-refractivity contribution is 0.0635. The van der Waals surface area contributed by atoms with E-state index in [0.29, 0.717) is 17.8 Å². The zero-order chi connectivity index (χ0) is 18.7. The summed E-state index contributed by atoms with van der Waals surface area (Å²) in [6.45, 7) is 5.69. The Kier molecular flexibility index (Phi) is 4.94. The number of amides is 2. The minimum atomic E-state index is -0.586. The number of fused-ring (bicyclic) bond motifs is 1. The van der Waals surface area contributed by atoms with Gasteiger partial charge in [-0.3, -0.25) is 14.5 Å². The average Bonchev–Trinajstić information content (AvgIpc) is 3.12. The third-order valence-corrected chi connectivity index (χ3v) is 4.11. The maximum atomic E-state index is 12.4. The number of carbonyl (C=O) groups excluding carboxylic acids is 2. The summed E-state index contributed by atoms with van der Waals surface area (Å²) in [7, 11) is 0. The lowest BCUT2D eigenvalue weighted by Gasteiger charge is -2.19. The summed E-state index contributed by atoms with van der Waals surface area (Å²) in [4.78, 5) is 29.5. The van der Waals surface area contributed by atoms with Crippen molar-refractivity contribution in [3.63, 3.8) is 0 Å². The highest BCUT2D eigenvalue weighted by molar-refractivity contribution is 7.15. The molecule has 3 rings (SSSR count). The van der Waals surface area contributed by atoms with Crippen molar-refractivity contribution in [2.45, 2.75) is 32.9 Å². The van der Waals surface area contributed by atoms with Crippen LogP contribution in [0.5, 0.6) is 0 Å². The van der Waals surface area contributed by atoms with E-state index in [1.165, 1.54) is 11.3 Å². The lowest BCUT2D eigenvalue weighted by atomic mass is 10.2. The molecule has 0 radical (unpaired) electrons. The van der Waals surface area contributed by atoms with Gasteiger partial charge in [0.1, 0.15) is 5.60 Å². The van der Waals surface area contributed by atoms with Gasteiger partial charge in [0.2, 0.25) is 0 Å². The molecule has 0 fully saturated rings. The number of hydrogen-bond donors (Lipinski definition) is 2. The second-order valence-electron chi connectivity index (χ2n) is 6.72. The van der Waals surface area contributed by atoms with Crippen molar-refractivity contribution in [2.24, 2.45) is 0 Å². The molecule has 2 N–H and O–H groups in total. The predicted molar refractivity (Wildman–Crippen MR) is 101 cm³/mol. The summed E-state index contributed by atoms with van der Waals surface area (Å²) in [5, 5.41) is 7.41. The van der Waals surface area contributed by atoms with Crippen molar-refractivity contribution in [2.75, 3.05) is 5.32 Å². The summed E-state index contributed by atoms with van der Waals surface area (Å²) in [5.41, 5.74) is 1.14. The number of thiazole rings is 1. The molecular formula is C18H20N4O3S. The molecular weight excluding hydrogens is 352 g/mol. The third-order valence-electron chi connectivity index (χ3n) is 3.34. The molecule has 2 heterocycles. The molecule has 3 aromatic rings. The topological polar surface area (TPSA) is 84.7 Å². The molecule has 0 saturated carbocycles. The molecule has 26 heavy (non-hydrogen) atoms. The van der Waals surface area contributed by atoms with Crippen LogP contribution in [0.4, 0.5) is 10.5 Å². The first kappa shape index (κ1) is 17.9. The molecule has 0 aliphatic heterocycles. The first-order valence-electron chi connectivity index (χ1n) is 8.09. The quantitative estimate of drug-likeness (QED) is 0.732. The van der Waals surface area contributed by atoms with Gasteiger partial charge in [0.05, 0.1) is 12.2 Å². The average molecular weight is 372 g/mol. The van der Waals surface area contributed by atoms with Gasteiger partial charge in [-0.05, 0) is 39.0 Å². The van der Waals surface area contributed by atoms with E-state index in [0.717, 1.165) is 10.7 Å². The number of ether oxygens (including phenoxy) is 1. The van der Waals surface area contributed by atoms with Crippen molar-refractivity contribution < 1.29 is 14.3 Å². The van der Waals surface area contributed by atoms with Crippen LogP contribution >= 0.6 is 11.3 Å². The second-order valence-corrected chi connectivity index (χ2v) is 7.59. The maximum absolute atomic E-state index is 12.4. The Balaban J connectivity index is 1.60. The number of hydrogen-bond acceptors (Lipinski definition) is 5. The smallest absolute Gasteiger partial charge is 0.412 e. The summed E-state index contributed by atoms with van der Waals surface area (Å²) in [6.07, 6.45) is 3.24. The third kappa shape index (κ3) is 4.60. The van der Waals surface area contributed by atoms with E-state index in [9.17, 15) is 9.59 Å². The maximum Gasteiger partial charge on any atom is 0.412 e. The van der Waals surface area contributed by atoms with Crippen LogP contribution in [0, 0.1) is 0 Å². The fourth-order valence-corrected chi connectivity index (χ4v) is 3.01. The predicted octanol–water partition coefficient (Wildman–Crippen LogP) is 3.67. The molecule has 2 aromatic heterocycles. The zero-order valence-corrected chi connectivity index (χ0v) is 15.6. The van der Waals surface area contributed by atoms with E-state index in [1.807, 2.05) is 22.2 Å². The van der Waals surface area contributed by atoms with Gasteiger partial charge >= 0.3 is 6.09 Å². The van der Waals surface area contributed by atoms with Crippen LogP contribution in [0.25, 0.3) is 4.96 Å². The SMILES string of the molecule is CC(C)(C)OC(=O)Nc1cccc(C(=O)NCc2cn3ccsc3n2)c1. The van der Waals surface area contributed by atoms with Crippen molar-refractivity contribution in [1.29, 1.82) is 0 Å². The van der Waals surface area contributed by atoms with Gasteiger partial charge in [-0.25, -0.2) is 9.78 Å². The van der Waals surface area contributed by atoms with Crippen LogP contribution in [0.15, 0.2) is 42.0 Å². The number of nitrogens with zero attached hydrogens (tertiary/aromatic N) is 2. The lowest BCUT2D eigenvalue weighted by Crippen LogP contribution is -2.27. The van der Waals surface area contributed by atoms with Gasteiger partial charge in [0, 0.05) is 29.0 Å². The molecule has 0 unspecified atom stereocenters. The Morgan fingerprint density at radius 3 is 2.85 bits per heavy atom. The zero-order valence-electron chi connectivity index (χ0n) is 14.8. The van der Waals surface area contributed by atoms with E-state index in [4.69, 9.17) is 4.74 Å². The second kappa shape index (κ2) is 7.17. The van der Waals surface area contributed by atoms with Gasteiger partial charge in [0.15, 0.2) is 4.96 Å². The van der Waals surface area contributed by atoms with Crippen LogP contribution in [0.3, 0.4) is 0 Å². The van der Waals surface area contributed by atoms with Crippen molar-refractivity contribution in [1.82, 2.24) is 14.7 Å². The summed E-state index contributed by atoms with van der Waals surface area (Å²) < 4.78 is 7.12. The van der Waals surface area contributed by atoms with Crippen LogP contribution in [-0.2, 0) is 11.3 Å². The number of rotatable bonds is 4. The summed E-state index contributed by atoms with van der Waals surface area (Å²) in [5.74, 6) is -0.241. The number of nitrogens with one attached hydrogen (secondary N) is 2. The number of imidazole rings is 1. The standard InChI is InChI=1S/C18H20N4O3S/c1-18(2,3)25-17(24)21-13-6-4-5-12(9-13)15(23)19-10-14-11-22-7-8-26-16(22)20-14/h4-9,11H,10H2,1-3H3,(H,19,23)(H,21,24). The van der Waals surface area contributed by atoms with Gasteiger partial charge in [-0.15, -0.1) is 11.3 Å². The van der Waals surface area contributed by atoms with E-state index in [2.05, 4.69) is 15.6 Å². The molecule has 2 amide bonds. The molecule has 7 nitrogen and oxygen atoms in total. The monoisotopic (exact) mass is 372 g/mol. The Morgan fingerprint density at radius 2 is 2.12 bits per heavy atom. The van der Waals surface area contributed by atoms with E-state index >= 15 is 0 Å². The van der Waals surface area contributed by atoms with Gasteiger partial charge in [-0.1, -0.05) is 6.07 Å². The largest absolute Gasteiger partial charge is 0.444 e. The first-order valence-corrected chi connectivity index (χ1v) is 8.97. The first-order chi connectivity index (χ1) is 12.3.